The maximum absolute atomic E-state index is 14.4. The molecule has 27 nitrogen and oxygen atoms in total. The van der Waals surface area contributed by atoms with Gasteiger partial charge < -0.3 is 79.0 Å². The normalized spacial score (nSPS) is 16.0. The van der Waals surface area contributed by atoms with Crippen molar-refractivity contribution in [2.45, 2.75) is 186 Å². The number of carboxylic acids is 3. The van der Waals surface area contributed by atoms with Crippen LogP contribution in [0.1, 0.15) is 131 Å². The van der Waals surface area contributed by atoms with Crippen molar-refractivity contribution in [2.75, 3.05) is 19.6 Å². The Labute approximate surface area is 471 Å². The summed E-state index contributed by atoms with van der Waals surface area (Å²) in [5.41, 5.74) is 12.3. The number of benzene rings is 1. The van der Waals surface area contributed by atoms with Crippen molar-refractivity contribution in [3.05, 3.63) is 35.9 Å². The minimum Gasteiger partial charge on any atom is -0.481 e. The molecule has 1 aromatic rings. The highest BCUT2D eigenvalue weighted by atomic mass is 16.4. The van der Waals surface area contributed by atoms with Crippen molar-refractivity contribution in [1.29, 1.82) is 0 Å². The number of amides is 9. The molecule has 1 heterocycles. The Morgan fingerprint density at radius 2 is 1.07 bits per heavy atom. The molecule has 27 heteroatoms. The summed E-state index contributed by atoms with van der Waals surface area (Å²) in [4.78, 5) is 171. The number of unbranched alkanes of at least 4 members (excludes halogenated alkanes) is 1. The van der Waals surface area contributed by atoms with Crippen LogP contribution in [0.25, 0.3) is 0 Å². The zero-order valence-corrected chi connectivity index (χ0v) is 47.2. The van der Waals surface area contributed by atoms with Crippen LogP contribution in [0, 0.1) is 17.8 Å². The van der Waals surface area contributed by atoms with Crippen LogP contribution in [0.4, 0.5) is 0 Å². The second-order valence-corrected chi connectivity index (χ2v) is 21.5. The van der Waals surface area contributed by atoms with E-state index in [0.29, 0.717) is 31.1 Å². The van der Waals surface area contributed by atoms with Gasteiger partial charge in [-0.2, -0.15) is 0 Å². The Hall–Kier alpha value is -7.55. The maximum Gasteiger partial charge on any atom is 0.305 e. The first-order valence-corrected chi connectivity index (χ1v) is 27.5. The van der Waals surface area contributed by atoms with E-state index in [1.807, 2.05) is 0 Å². The quantitative estimate of drug-likeness (QED) is 0.0271. The van der Waals surface area contributed by atoms with E-state index in [1.165, 1.54) is 0 Å². The van der Waals surface area contributed by atoms with Crippen LogP contribution in [0.15, 0.2) is 30.3 Å². The van der Waals surface area contributed by atoms with Crippen LogP contribution in [-0.4, -0.2) is 172 Å². The molecule has 9 atom stereocenters. The van der Waals surface area contributed by atoms with E-state index in [1.54, 1.807) is 71.9 Å². The molecule has 0 radical (unpaired) electrons. The molecule has 9 amide bonds. The van der Waals surface area contributed by atoms with Gasteiger partial charge in [0.05, 0.1) is 25.0 Å². The van der Waals surface area contributed by atoms with Gasteiger partial charge in [-0.3, -0.25) is 57.5 Å². The predicted octanol–water partition coefficient (Wildman–Crippen LogP) is -1.27. The van der Waals surface area contributed by atoms with Gasteiger partial charge in [-0.25, -0.2) is 0 Å². The van der Waals surface area contributed by atoms with E-state index in [-0.39, 0.29) is 75.8 Å². The number of nitrogens with zero attached hydrogens (tertiary/aromatic N) is 1. The molecule has 0 aromatic heterocycles. The van der Waals surface area contributed by atoms with E-state index in [0.717, 1.165) is 4.90 Å². The fourth-order valence-electron chi connectivity index (χ4n) is 8.86. The average Bonchev–Trinajstić information content (AvgIpc) is 3.91. The minimum absolute atomic E-state index is 0.0114. The van der Waals surface area contributed by atoms with Crippen molar-refractivity contribution in [2.24, 2.45) is 29.2 Å². The molecule has 0 spiro atoms. The Balaban J connectivity index is 2.35. The number of aliphatic carboxylic acids is 3. The number of aldehydes is 1. The summed E-state index contributed by atoms with van der Waals surface area (Å²) in [7, 11) is 0. The zero-order valence-electron chi connectivity index (χ0n) is 47.2. The lowest BCUT2D eigenvalue weighted by molar-refractivity contribution is -0.142. The summed E-state index contributed by atoms with van der Waals surface area (Å²) in [6.07, 6.45) is -0.564. The summed E-state index contributed by atoms with van der Waals surface area (Å²) in [5, 5.41) is 48.2. The minimum atomic E-state index is -1.81. The number of likely N-dealkylation sites (tertiary alicyclic amines) is 1. The predicted molar refractivity (Wildman–Crippen MR) is 293 cm³/mol. The Bertz CT molecular complexity index is 2320. The molecular formula is C54H85N11O16. The molecule has 452 valence electrons. The number of nitrogens with two attached hydrogens (primary N) is 2. The van der Waals surface area contributed by atoms with Crippen molar-refractivity contribution in [3.63, 3.8) is 0 Å². The van der Waals surface area contributed by atoms with Gasteiger partial charge in [0, 0.05) is 25.8 Å². The van der Waals surface area contributed by atoms with Gasteiger partial charge in [-0.15, -0.1) is 0 Å². The van der Waals surface area contributed by atoms with Crippen LogP contribution in [0.5, 0.6) is 0 Å². The summed E-state index contributed by atoms with van der Waals surface area (Å²) in [6, 6.07) is -3.16. The first-order chi connectivity index (χ1) is 38.1. The van der Waals surface area contributed by atoms with Crippen LogP contribution in [0.2, 0.25) is 0 Å². The molecule has 15 N–H and O–H groups in total. The van der Waals surface area contributed by atoms with E-state index in [2.05, 4.69) is 42.5 Å². The molecule has 81 heavy (non-hydrogen) atoms. The lowest BCUT2D eigenvalue weighted by Gasteiger charge is -2.29. The Morgan fingerprint density at radius 3 is 1.60 bits per heavy atom. The fraction of sp³-hybridized carbons (Fsp3) is 0.648. The van der Waals surface area contributed by atoms with Gasteiger partial charge in [0.2, 0.25) is 53.2 Å². The second-order valence-electron chi connectivity index (χ2n) is 21.5. The number of hydrogen-bond acceptors (Lipinski definition) is 15. The number of rotatable bonds is 38. The third kappa shape index (κ3) is 26.5. The van der Waals surface area contributed by atoms with Gasteiger partial charge in [0.25, 0.3) is 0 Å². The SMILES string of the molecule is CC(C)C[C@H](NC(=O)[C@H](CC(C)C)NC(=O)[C@H](Cc1ccccc1)NC(=O)[C@H](CCCCN)NC(=O)[C@@H]1CCCN1C(=O)CNC(=O)[C@H](CC(=O)O)NC(=O)[C@H](CCC(=O)O)NC(=O)[C@@H](N)CC(C)C)C(=O)N[C@H](C=O)CCC(=O)O. The van der Waals surface area contributed by atoms with Crippen LogP contribution >= 0.6 is 0 Å². The average molecular weight is 1140 g/mol. The molecule has 0 unspecified atom stereocenters. The zero-order chi connectivity index (χ0) is 60.9. The maximum atomic E-state index is 14.4. The smallest absolute Gasteiger partial charge is 0.305 e. The first-order valence-electron chi connectivity index (χ1n) is 27.5. The highest BCUT2D eigenvalue weighted by molar-refractivity contribution is 5.98. The molecule has 0 bridgehead atoms. The number of nitrogens with one attached hydrogen (secondary N) is 8. The monoisotopic (exact) mass is 1140 g/mol. The van der Waals surface area contributed by atoms with Gasteiger partial charge >= 0.3 is 17.9 Å². The highest BCUT2D eigenvalue weighted by Crippen LogP contribution is 2.19. The molecule has 1 aliphatic rings. The summed E-state index contributed by atoms with van der Waals surface area (Å²) < 4.78 is 0. The van der Waals surface area contributed by atoms with Crippen molar-refractivity contribution in [3.8, 4) is 0 Å². The van der Waals surface area contributed by atoms with Crippen LogP contribution < -0.4 is 54.0 Å². The lowest BCUT2D eigenvalue weighted by atomic mass is 9.98. The third-order valence-electron chi connectivity index (χ3n) is 13.0. The van der Waals surface area contributed by atoms with Crippen molar-refractivity contribution in [1.82, 2.24) is 47.4 Å². The molecule has 1 aliphatic heterocycles. The number of hydrogen-bond donors (Lipinski definition) is 13. The molecular weight excluding hydrogens is 1060 g/mol. The molecule has 0 aliphatic carbocycles. The molecule has 1 fully saturated rings. The molecule has 2 rings (SSSR count). The summed E-state index contributed by atoms with van der Waals surface area (Å²) in [6.45, 7) is 10.3. The number of carbonyl (C=O) groups is 13. The molecule has 1 saturated heterocycles. The Kier molecular flexibility index (Phi) is 30.9. The molecule has 0 saturated carbocycles. The fourth-order valence-corrected chi connectivity index (χ4v) is 8.86. The number of carbonyl (C=O) groups excluding carboxylic acids is 10. The van der Waals surface area contributed by atoms with Gasteiger partial charge in [0.1, 0.15) is 48.6 Å². The highest BCUT2D eigenvalue weighted by Gasteiger charge is 2.38. The van der Waals surface area contributed by atoms with E-state index in [9.17, 15) is 72.5 Å². The summed E-state index contributed by atoms with van der Waals surface area (Å²) in [5.74, 6) is -11.9. The largest absolute Gasteiger partial charge is 0.481 e. The van der Waals surface area contributed by atoms with Crippen molar-refractivity contribution < 1.29 is 77.6 Å². The van der Waals surface area contributed by atoms with Crippen LogP contribution in [0.3, 0.4) is 0 Å². The van der Waals surface area contributed by atoms with Gasteiger partial charge in [0.15, 0.2) is 0 Å². The Morgan fingerprint density at radius 1 is 0.580 bits per heavy atom. The topological polar surface area (TPSA) is 434 Å². The van der Waals surface area contributed by atoms with E-state index < -0.39 is 158 Å². The van der Waals surface area contributed by atoms with Crippen LogP contribution in [-0.2, 0) is 68.7 Å². The van der Waals surface area contributed by atoms with E-state index in [4.69, 9.17) is 16.6 Å². The van der Waals surface area contributed by atoms with E-state index >= 15 is 0 Å². The van der Waals surface area contributed by atoms with Gasteiger partial charge in [-0.1, -0.05) is 71.9 Å². The third-order valence-corrected chi connectivity index (χ3v) is 13.0. The first kappa shape index (κ1) is 69.6. The number of carboxylic acid groups (broad SMARTS) is 3. The lowest BCUT2D eigenvalue weighted by Crippen LogP contribution is -2.60. The van der Waals surface area contributed by atoms with Crippen molar-refractivity contribution >= 4 is 77.4 Å². The molecule has 1 aromatic carbocycles. The second kappa shape index (κ2) is 35.9. The standard InChI is InChI=1S/C54H85N11O16/c1-30(2)23-35(56)47(74)59-37(18-20-45(70)71)50(77)64-41(27-46(72)73)48(75)57-28-43(67)65-22-12-16-42(65)54(81)60-36(15-10-11-21-55)49(76)63-40(26-33-13-8-7-9-14-33)53(80)62-39(25-32(5)6)52(79)61-38(24-31(3)4)51(78)58-34(29-66)17-19-44(68)69/h7-9,13-14,29-32,34-42H,10-12,15-28,55-56H2,1-6H3,(H,57,75)(H,58,78)(H,59,74)(H,60,81)(H,61,79)(H,62,80)(H,63,76)(H,64,77)(H,68,69)(H,70,71)(H,72,73)/t34-,35-,36-,37-,38-,39-,40-,41-,42-/m0/s1. The van der Waals surface area contributed by atoms with Gasteiger partial charge in [-0.05, 0) is 94.1 Å². The summed E-state index contributed by atoms with van der Waals surface area (Å²) >= 11 is 0.